The van der Waals surface area contributed by atoms with Gasteiger partial charge in [-0.1, -0.05) is 6.92 Å². The van der Waals surface area contributed by atoms with Gasteiger partial charge in [-0.15, -0.1) is 0 Å². The van der Waals surface area contributed by atoms with Crippen molar-refractivity contribution >= 4 is 15.8 Å². The lowest BCUT2D eigenvalue weighted by Gasteiger charge is -2.02. The van der Waals surface area contributed by atoms with Crippen LogP contribution in [0.15, 0.2) is 0 Å². The molecule has 0 saturated carbocycles. The molecule has 0 spiro atoms. The first-order valence-corrected chi connectivity index (χ1v) is 4.25. The zero-order valence-electron chi connectivity index (χ0n) is 5.31. The Balaban J connectivity index is 4.51. The molecule has 0 fully saturated rings. The highest BCUT2D eigenvalue weighted by Gasteiger charge is 2.27. The second-order valence-electron chi connectivity index (χ2n) is 1.64. The van der Waals surface area contributed by atoms with E-state index in [4.69, 9.17) is 10.2 Å². The Hall–Kier alpha value is -0.620. The number of aliphatic carboxylic acids is 1. The molecular weight excluding hydrogens is 160 g/mol. The molecule has 0 saturated heterocycles. The van der Waals surface area contributed by atoms with E-state index >= 15 is 0 Å². The summed E-state index contributed by atoms with van der Waals surface area (Å²) >= 11 is 0. The monoisotopic (exact) mass is 168 g/mol. The predicted octanol–water partition coefficient (Wildman–Crippen LogP) is -1.18. The smallest absolute Gasteiger partial charge is 0.348 e. The summed E-state index contributed by atoms with van der Waals surface area (Å²) in [6, 6.07) is 0. The second-order valence-corrected chi connectivity index (χ2v) is 3.99. The number of aliphatic hydroxyl groups is 1. The van der Waals surface area contributed by atoms with E-state index in [0.29, 0.717) is 0 Å². The summed E-state index contributed by atoms with van der Waals surface area (Å²) in [6.45, 7) is 1.27. The Kier molecular flexibility index (Phi) is 2.79. The summed E-state index contributed by atoms with van der Waals surface area (Å²) in [6.07, 6.45) is 0. The highest BCUT2D eigenvalue weighted by atomic mass is 32.2. The molecule has 5 nitrogen and oxygen atoms in total. The van der Waals surface area contributed by atoms with Crippen LogP contribution in [0, 0.1) is 0 Å². The van der Waals surface area contributed by atoms with Crippen LogP contribution >= 0.6 is 0 Å². The van der Waals surface area contributed by atoms with Crippen molar-refractivity contribution in [2.45, 2.75) is 12.4 Å². The van der Waals surface area contributed by atoms with Crippen LogP contribution in [0.5, 0.6) is 0 Å². The van der Waals surface area contributed by atoms with Gasteiger partial charge in [0.1, 0.15) is 0 Å². The van der Waals surface area contributed by atoms with Gasteiger partial charge in [-0.3, -0.25) is 0 Å². The van der Waals surface area contributed by atoms with Gasteiger partial charge in [0, 0.05) is 0 Å². The molecule has 0 bridgehead atoms. The van der Waals surface area contributed by atoms with Crippen molar-refractivity contribution in [3.8, 4) is 0 Å². The number of aliphatic hydroxyl groups excluding tert-OH is 1. The van der Waals surface area contributed by atoms with Crippen molar-refractivity contribution in [3.63, 3.8) is 0 Å². The molecule has 0 rings (SSSR count). The van der Waals surface area contributed by atoms with E-state index in [2.05, 4.69) is 0 Å². The Morgan fingerprint density at radius 1 is 1.60 bits per heavy atom. The number of carboxylic acid groups (broad SMARTS) is 1. The minimum absolute atomic E-state index is 0.375. The van der Waals surface area contributed by atoms with Crippen LogP contribution in [-0.4, -0.2) is 35.8 Å². The maximum atomic E-state index is 10.5. The van der Waals surface area contributed by atoms with Gasteiger partial charge in [0.15, 0.2) is 9.84 Å². The molecule has 1 unspecified atom stereocenters. The van der Waals surface area contributed by atoms with E-state index in [-0.39, 0.29) is 5.75 Å². The van der Waals surface area contributed by atoms with Crippen molar-refractivity contribution in [1.82, 2.24) is 0 Å². The highest BCUT2D eigenvalue weighted by Crippen LogP contribution is 1.97. The molecule has 60 valence electrons. The fourth-order valence-electron chi connectivity index (χ4n) is 0.311. The van der Waals surface area contributed by atoms with Crippen molar-refractivity contribution in [3.05, 3.63) is 0 Å². The first-order valence-electron chi connectivity index (χ1n) is 2.54. The normalized spacial score (nSPS) is 14.6. The van der Waals surface area contributed by atoms with Gasteiger partial charge in [-0.2, -0.15) is 0 Å². The largest absolute Gasteiger partial charge is 0.479 e. The lowest BCUT2D eigenvalue weighted by atomic mass is 10.7. The fraction of sp³-hybridized carbons (Fsp3) is 0.750. The highest BCUT2D eigenvalue weighted by molar-refractivity contribution is 7.92. The Labute approximate surface area is 58.2 Å². The number of rotatable bonds is 3. The maximum absolute atomic E-state index is 10.5. The van der Waals surface area contributed by atoms with Crippen LogP contribution in [0.4, 0.5) is 0 Å². The molecule has 0 aliphatic carbocycles. The van der Waals surface area contributed by atoms with Crippen LogP contribution in [0.2, 0.25) is 0 Å². The molecule has 0 radical (unpaired) electrons. The zero-order valence-corrected chi connectivity index (χ0v) is 6.13. The third-order valence-corrected chi connectivity index (χ3v) is 2.64. The maximum Gasteiger partial charge on any atom is 0.348 e. The van der Waals surface area contributed by atoms with Crippen molar-refractivity contribution < 1.29 is 23.4 Å². The van der Waals surface area contributed by atoms with E-state index < -0.39 is 21.2 Å². The molecule has 0 heterocycles. The van der Waals surface area contributed by atoms with Crippen LogP contribution in [0.1, 0.15) is 6.92 Å². The molecule has 2 N–H and O–H groups in total. The summed E-state index contributed by atoms with van der Waals surface area (Å²) in [5.74, 6) is -2.11. The van der Waals surface area contributed by atoms with E-state index in [9.17, 15) is 13.2 Å². The van der Waals surface area contributed by atoms with Gasteiger partial charge in [0.2, 0.25) is 0 Å². The zero-order chi connectivity index (χ0) is 8.36. The van der Waals surface area contributed by atoms with Crippen LogP contribution in [0.25, 0.3) is 0 Å². The molecule has 10 heavy (non-hydrogen) atoms. The summed E-state index contributed by atoms with van der Waals surface area (Å²) in [5.41, 5.74) is -2.28. The quantitative estimate of drug-likeness (QED) is 0.553. The van der Waals surface area contributed by atoms with Gasteiger partial charge < -0.3 is 10.2 Å². The second kappa shape index (κ2) is 2.98. The molecule has 0 amide bonds. The number of hydrogen-bond donors (Lipinski definition) is 2. The van der Waals surface area contributed by atoms with Crippen molar-refractivity contribution in [2.75, 3.05) is 5.75 Å². The lowest BCUT2D eigenvalue weighted by Crippen LogP contribution is -2.30. The van der Waals surface area contributed by atoms with Crippen molar-refractivity contribution in [1.29, 1.82) is 0 Å². The molecule has 0 aromatic rings. The fourth-order valence-corrected chi connectivity index (χ4v) is 0.934. The van der Waals surface area contributed by atoms with E-state index in [1.54, 1.807) is 0 Å². The van der Waals surface area contributed by atoms with Crippen molar-refractivity contribution in [2.24, 2.45) is 0 Å². The van der Waals surface area contributed by atoms with Gasteiger partial charge in [0.05, 0.1) is 5.75 Å². The molecule has 0 aromatic carbocycles. The summed E-state index contributed by atoms with van der Waals surface area (Å²) in [5, 5.41) is 16.5. The lowest BCUT2D eigenvalue weighted by molar-refractivity contribution is -0.142. The Bertz CT molecular complexity index is 216. The van der Waals surface area contributed by atoms with Gasteiger partial charge in [-0.25, -0.2) is 13.2 Å². The minimum Gasteiger partial charge on any atom is -0.479 e. The van der Waals surface area contributed by atoms with E-state index in [1.807, 2.05) is 0 Å². The van der Waals surface area contributed by atoms with E-state index in [1.165, 1.54) is 6.92 Å². The third kappa shape index (κ3) is 1.96. The Morgan fingerprint density at radius 3 is 2.10 bits per heavy atom. The van der Waals surface area contributed by atoms with Gasteiger partial charge in [-0.05, 0) is 0 Å². The molecule has 0 aliphatic heterocycles. The number of hydrogen-bond acceptors (Lipinski definition) is 4. The van der Waals surface area contributed by atoms with Gasteiger partial charge in [0.25, 0.3) is 5.44 Å². The molecule has 0 aromatic heterocycles. The van der Waals surface area contributed by atoms with Crippen LogP contribution in [0.3, 0.4) is 0 Å². The summed E-state index contributed by atoms with van der Waals surface area (Å²) in [7, 11) is -3.84. The van der Waals surface area contributed by atoms with Gasteiger partial charge >= 0.3 is 5.97 Å². The minimum atomic E-state index is -3.84. The third-order valence-electron chi connectivity index (χ3n) is 0.954. The molecule has 0 aliphatic rings. The molecule has 1 atom stereocenters. The predicted molar refractivity (Wildman–Crippen MR) is 33.1 cm³/mol. The SMILES string of the molecule is CCS(=O)(=O)C(O)C(=O)O. The standard InChI is InChI=1S/C4H8O5S/c1-2-10(8,9)4(7)3(5)6/h4,7H,2H2,1H3,(H,5,6). The number of sulfone groups is 1. The van der Waals surface area contributed by atoms with Crippen LogP contribution < -0.4 is 0 Å². The first kappa shape index (κ1) is 9.38. The average Bonchev–Trinajstić information content (AvgIpc) is 1.86. The summed E-state index contributed by atoms with van der Waals surface area (Å²) < 4.78 is 21.0. The molecule has 6 heteroatoms. The summed E-state index contributed by atoms with van der Waals surface area (Å²) in [4.78, 5) is 9.88. The Morgan fingerprint density at radius 2 is 2.00 bits per heavy atom. The van der Waals surface area contributed by atoms with E-state index in [0.717, 1.165) is 0 Å². The number of carboxylic acids is 1. The topological polar surface area (TPSA) is 91.7 Å². The number of carbonyl (C=O) groups is 1. The van der Waals surface area contributed by atoms with Crippen LogP contribution in [-0.2, 0) is 14.6 Å². The molecular formula is C4H8O5S. The first-order chi connectivity index (χ1) is 4.41. The average molecular weight is 168 g/mol.